The van der Waals surface area contributed by atoms with E-state index in [9.17, 15) is 14.4 Å². The lowest BCUT2D eigenvalue weighted by molar-refractivity contribution is -0.167. The van der Waals surface area contributed by atoms with Gasteiger partial charge in [-0.25, -0.2) is 0 Å². The third kappa shape index (κ3) is 64.2. The van der Waals surface area contributed by atoms with Crippen molar-refractivity contribution in [2.75, 3.05) is 13.2 Å². The van der Waals surface area contributed by atoms with Gasteiger partial charge in [0.05, 0.1) is 0 Å². The van der Waals surface area contributed by atoms with Crippen LogP contribution in [0.4, 0.5) is 0 Å². The lowest BCUT2D eigenvalue weighted by Gasteiger charge is -2.18. The Labute approximate surface area is 486 Å². The van der Waals surface area contributed by atoms with E-state index < -0.39 is 6.10 Å². The zero-order valence-electron chi connectivity index (χ0n) is 52.5. The summed E-state index contributed by atoms with van der Waals surface area (Å²) < 4.78 is 16.9. The number of carbonyl (C=O) groups is 3. The molecule has 0 N–H and O–H groups in total. The third-order valence-electron chi connectivity index (χ3n) is 15.5. The molecule has 0 saturated carbocycles. The van der Waals surface area contributed by atoms with Gasteiger partial charge in [0, 0.05) is 19.3 Å². The van der Waals surface area contributed by atoms with Crippen molar-refractivity contribution in [1.82, 2.24) is 0 Å². The fraction of sp³-hybridized carbons (Fsp3) is 0.847. The first-order chi connectivity index (χ1) is 38.5. The van der Waals surface area contributed by atoms with Crippen molar-refractivity contribution >= 4 is 17.9 Å². The highest BCUT2D eigenvalue weighted by Gasteiger charge is 2.19. The zero-order chi connectivity index (χ0) is 56.4. The quantitative estimate of drug-likeness (QED) is 0.0261. The topological polar surface area (TPSA) is 78.9 Å². The van der Waals surface area contributed by atoms with Crippen molar-refractivity contribution < 1.29 is 28.6 Å². The second-order valence-electron chi connectivity index (χ2n) is 23.4. The molecule has 6 heteroatoms. The summed E-state index contributed by atoms with van der Waals surface area (Å²) in [5.74, 6) is -0.875. The molecule has 0 rings (SSSR count). The Morgan fingerprint density at radius 1 is 0.256 bits per heavy atom. The molecule has 0 saturated heterocycles. The summed E-state index contributed by atoms with van der Waals surface area (Å²) in [5, 5.41) is 0. The van der Waals surface area contributed by atoms with Crippen molar-refractivity contribution in [3.05, 3.63) is 48.6 Å². The van der Waals surface area contributed by atoms with E-state index in [4.69, 9.17) is 14.2 Å². The standard InChI is InChI=1S/C72H132O6/c1-4-7-10-13-16-19-22-24-26-28-29-30-31-32-33-34-35-36-37-38-39-40-41-42-43-45-46-48-50-53-56-59-62-65-71(74)77-68-69(67-76-70(73)64-61-58-55-52-21-18-15-12-9-6-3)78-72(75)66-63-60-57-54-51-49-47-44-27-25-23-20-17-14-11-8-5-2/h12,15,17,20,25,27-29,69H,4-11,13-14,16,18-19,21-24,26,30-68H2,1-3H3/b15-12-,20-17-,27-25-,29-28-. The van der Waals surface area contributed by atoms with Crippen molar-refractivity contribution in [3.8, 4) is 0 Å². The Morgan fingerprint density at radius 2 is 0.487 bits per heavy atom. The summed E-state index contributed by atoms with van der Waals surface area (Å²) in [6.07, 6.45) is 84.5. The minimum Gasteiger partial charge on any atom is -0.462 e. The van der Waals surface area contributed by atoms with Crippen LogP contribution in [0.25, 0.3) is 0 Å². The predicted octanol–water partition coefficient (Wildman–Crippen LogP) is 23.7. The summed E-state index contributed by atoms with van der Waals surface area (Å²) in [7, 11) is 0. The van der Waals surface area contributed by atoms with Crippen LogP contribution in [0, 0.1) is 0 Å². The molecular weight excluding hydrogens is 961 g/mol. The van der Waals surface area contributed by atoms with Crippen molar-refractivity contribution in [1.29, 1.82) is 0 Å². The summed E-state index contributed by atoms with van der Waals surface area (Å²) in [4.78, 5) is 38.2. The van der Waals surface area contributed by atoms with E-state index in [-0.39, 0.29) is 31.1 Å². The van der Waals surface area contributed by atoms with Crippen LogP contribution in [-0.4, -0.2) is 37.2 Å². The molecule has 0 aliphatic rings. The molecule has 0 spiro atoms. The molecule has 0 radical (unpaired) electrons. The maximum Gasteiger partial charge on any atom is 0.306 e. The van der Waals surface area contributed by atoms with Crippen molar-refractivity contribution in [3.63, 3.8) is 0 Å². The Bertz CT molecular complexity index is 1350. The Balaban J connectivity index is 4.05. The predicted molar refractivity (Wildman–Crippen MR) is 339 cm³/mol. The lowest BCUT2D eigenvalue weighted by atomic mass is 10.0. The third-order valence-corrected chi connectivity index (χ3v) is 15.5. The van der Waals surface area contributed by atoms with Gasteiger partial charge >= 0.3 is 17.9 Å². The minimum absolute atomic E-state index is 0.0756. The molecule has 1 atom stereocenters. The first-order valence-electron chi connectivity index (χ1n) is 34.6. The monoisotopic (exact) mass is 1090 g/mol. The van der Waals surface area contributed by atoms with Gasteiger partial charge in [-0.3, -0.25) is 14.4 Å². The molecule has 0 aliphatic carbocycles. The number of hydrogen-bond acceptors (Lipinski definition) is 6. The number of rotatable bonds is 64. The van der Waals surface area contributed by atoms with Gasteiger partial charge in [0.1, 0.15) is 13.2 Å². The van der Waals surface area contributed by atoms with E-state index in [0.29, 0.717) is 19.3 Å². The van der Waals surface area contributed by atoms with Crippen molar-refractivity contribution in [2.45, 2.75) is 380 Å². The number of carbonyl (C=O) groups excluding carboxylic acids is 3. The van der Waals surface area contributed by atoms with Gasteiger partial charge in [-0.1, -0.05) is 307 Å². The average molecular weight is 1090 g/mol. The lowest BCUT2D eigenvalue weighted by Crippen LogP contribution is -2.30. The second-order valence-corrected chi connectivity index (χ2v) is 23.4. The molecular formula is C72H132O6. The summed E-state index contributed by atoms with van der Waals surface area (Å²) in [5.41, 5.74) is 0. The highest BCUT2D eigenvalue weighted by Crippen LogP contribution is 2.18. The number of ether oxygens (including phenoxy) is 3. The Hall–Kier alpha value is -2.63. The van der Waals surface area contributed by atoms with Crippen LogP contribution in [0.15, 0.2) is 48.6 Å². The van der Waals surface area contributed by atoms with E-state index in [0.717, 1.165) is 83.5 Å². The van der Waals surface area contributed by atoms with Gasteiger partial charge in [-0.15, -0.1) is 0 Å². The second kappa shape index (κ2) is 66.9. The molecule has 0 aromatic heterocycles. The van der Waals surface area contributed by atoms with Crippen LogP contribution in [0.1, 0.15) is 374 Å². The van der Waals surface area contributed by atoms with Crippen LogP contribution in [0.5, 0.6) is 0 Å². The first-order valence-corrected chi connectivity index (χ1v) is 34.6. The highest BCUT2D eigenvalue weighted by atomic mass is 16.6. The molecule has 456 valence electrons. The number of hydrogen-bond donors (Lipinski definition) is 0. The molecule has 78 heavy (non-hydrogen) atoms. The number of allylic oxidation sites excluding steroid dienone is 8. The van der Waals surface area contributed by atoms with Crippen LogP contribution >= 0.6 is 0 Å². The zero-order valence-corrected chi connectivity index (χ0v) is 52.5. The van der Waals surface area contributed by atoms with Gasteiger partial charge in [-0.05, 0) is 96.3 Å². The van der Waals surface area contributed by atoms with Gasteiger partial charge in [0.15, 0.2) is 6.10 Å². The van der Waals surface area contributed by atoms with Crippen LogP contribution in [0.3, 0.4) is 0 Å². The summed E-state index contributed by atoms with van der Waals surface area (Å²) >= 11 is 0. The number of esters is 3. The molecule has 0 aromatic carbocycles. The fourth-order valence-corrected chi connectivity index (χ4v) is 10.3. The minimum atomic E-state index is -0.779. The molecule has 0 bridgehead atoms. The van der Waals surface area contributed by atoms with E-state index in [1.807, 2.05) is 0 Å². The normalized spacial score (nSPS) is 12.3. The van der Waals surface area contributed by atoms with E-state index in [2.05, 4.69) is 69.4 Å². The molecule has 0 amide bonds. The van der Waals surface area contributed by atoms with Crippen molar-refractivity contribution in [2.24, 2.45) is 0 Å². The average Bonchev–Trinajstić information content (AvgIpc) is 3.44. The molecule has 1 unspecified atom stereocenters. The first kappa shape index (κ1) is 75.4. The highest BCUT2D eigenvalue weighted by molar-refractivity contribution is 5.71. The van der Waals surface area contributed by atoms with Crippen LogP contribution < -0.4 is 0 Å². The van der Waals surface area contributed by atoms with Gasteiger partial charge in [0.2, 0.25) is 0 Å². The smallest absolute Gasteiger partial charge is 0.306 e. The Morgan fingerprint density at radius 3 is 0.795 bits per heavy atom. The fourth-order valence-electron chi connectivity index (χ4n) is 10.3. The van der Waals surface area contributed by atoms with Gasteiger partial charge in [-0.2, -0.15) is 0 Å². The largest absolute Gasteiger partial charge is 0.462 e. The van der Waals surface area contributed by atoms with E-state index >= 15 is 0 Å². The molecule has 0 aromatic rings. The Kier molecular flexibility index (Phi) is 64.6. The SMILES string of the molecule is CCC/C=C\CCCCCCCC(=O)OCC(COC(=O)CCCCCCCCCCCCCCCCCCCCCCC/C=C\CCCCCCCCCC)OC(=O)CCCCCCCCC/C=C\C/C=C\CCCCC. The maximum atomic E-state index is 12.9. The van der Waals surface area contributed by atoms with Crippen LogP contribution in [0.2, 0.25) is 0 Å². The molecule has 0 heterocycles. The van der Waals surface area contributed by atoms with Gasteiger partial charge < -0.3 is 14.2 Å². The molecule has 6 nitrogen and oxygen atoms in total. The molecule has 0 aliphatic heterocycles. The maximum absolute atomic E-state index is 12.9. The number of unbranched alkanes of at least 4 members (excludes halogenated alkanes) is 45. The summed E-state index contributed by atoms with van der Waals surface area (Å²) in [6, 6.07) is 0. The van der Waals surface area contributed by atoms with Crippen LogP contribution in [-0.2, 0) is 28.6 Å². The molecule has 0 fully saturated rings. The van der Waals surface area contributed by atoms with Gasteiger partial charge in [0.25, 0.3) is 0 Å². The summed E-state index contributed by atoms with van der Waals surface area (Å²) in [6.45, 7) is 6.59. The van der Waals surface area contributed by atoms with E-state index in [1.165, 1.54) is 250 Å². The van der Waals surface area contributed by atoms with E-state index in [1.54, 1.807) is 0 Å².